The molecule has 3 heteroatoms. The van der Waals surface area contributed by atoms with Crippen LogP contribution in [0.25, 0.3) is 11.0 Å². The summed E-state index contributed by atoms with van der Waals surface area (Å²) in [5.74, 6) is 1.72. The van der Waals surface area contributed by atoms with E-state index in [1.807, 2.05) is 36.4 Å². The fraction of sp³-hybridized carbons (Fsp3) is 0.167. The van der Waals surface area contributed by atoms with Crippen LogP contribution in [0.3, 0.4) is 0 Å². The number of imidazole rings is 1. The number of aryl methyl sites for hydroxylation is 1. The molecular formula is C18H18N2O. The minimum Gasteiger partial charge on any atom is -0.485 e. The molecule has 1 N–H and O–H groups in total. The van der Waals surface area contributed by atoms with E-state index in [0.717, 1.165) is 34.6 Å². The number of aromatic amines is 1. The van der Waals surface area contributed by atoms with Crippen LogP contribution >= 0.6 is 0 Å². The number of H-pyrrole nitrogens is 1. The third-order valence-corrected chi connectivity index (χ3v) is 3.46. The number of hydrogen-bond acceptors (Lipinski definition) is 2. The Kier molecular flexibility index (Phi) is 3.73. The van der Waals surface area contributed by atoms with E-state index in [1.54, 1.807) is 0 Å². The van der Waals surface area contributed by atoms with E-state index in [0.29, 0.717) is 6.61 Å². The van der Waals surface area contributed by atoms with Gasteiger partial charge in [-0.2, -0.15) is 0 Å². The number of rotatable bonds is 5. The highest BCUT2D eigenvalue weighted by Gasteiger charge is 2.07. The quantitative estimate of drug-likeness (QED) is 0.711. The maximum absolute atomic E-state index is 5.90. The summed E-state index contributed by atoms with van der Waals surface area (Å²) in [6.07, 6.45) is 2.68. The number of aromatic nitrogens is 2. The molecule has 1 heterocycles. The SMILES string of the molecule is C=CCc1ccccc1OCc1nc2c(C)cccc2[nH]1. The number of ether oxygens (including phenoxy) is 1. The van der Waals surface area contributed by atoms with Crippen molar-refractivity contribution in [1.82, 2.24) is 9.97 Å². The molecule has 0 aliphatic rings. The summed E-state index contributed by atoms with van der Waals surface area (Å²) >= 11 is 0. The lowest BCUT2D eigenvalue weighted by Crippen LogP contribution is -1.99. The zero-order valence-electron chi connectivity index (χ0n) is 12.1. The highest BCUT2D eigenvalue weighted by atomic mass is 16.5. The molecule has 0 aliphatic carbocycles. The van der Waals surface area contributed by atoms with Gasteiger partial charge >= 0.3 is 0 Å². The van der Waals surface area contributed by atoms with Crippen molar-refractivity contribution in [2.45, 2.75) is 20.0 Å². The second-order valence-corrected chi connectivity index (χ2v) is 5.04. The van der Waals surface area contributed by atoms with Crippen LogP contribution in [0.1, 0.15) is 17.0 Å². The number of allylic oxidation sites excluding steroid dienone is 1. The van der Waals surface area contributed by atoms with Gasteiger partial charge in [0.25, 0.3) is 0 Å². The lowest BCUT2D eigenvalue weighted by Gasteiger charge is -2.08. The number of nitrogens with one attached hydrogen (secondary N) is 1. The van der Waals surface area contributed by atoms with Crippen molar-refractivity contribution in [3.05, 3.63) is 72.1 Å². The average molecular weight is 278 g/mol. The highest BCUT2D eigenvalue weighted by molar-refractivity contribution is 5.78. The van der Waals surface area contributed by atoms with Gasteiger partial charge in [-0.3, -0.25) is 0 Å². The predicted molar refractivity (Wildman–Crippen MR) is 85.5 cm³/mol. The van der Waals surface area contributed by atoms with Gasteiger partial charge in [0.05, 0.1) is 11.0 Å². The van der Waals surface area contributed by atoms with Crippen LogP contribution in [-0.4, -0.2) is 9.97 Å². The molecule has 3 rings (SSSR count). The summed E-state index contributed by atoms with van der Waals surface area (Å²) in [6.45, 7) is 6.28. The van der Waals surface area contributed by atoms with Gasteiger partial charge in [-0.15, -0.1) is 6.58 Å². The van der Waals surface area contributed by atoms with E-state index in [4.69, 9.17) is 4.74 Å². The molecular weight excluding hydrogens is 260 g/mol. The molecule has 0 radical (unpaired) electrons. The number of nitrogens with zero attached hydrogens (tertiary/aromatic N) is 1. The first-order chi connectivity index (χ1) is 10.3. The lowest BCUT2D eigenvalue weighted by atomic mass is 10.1. The first-order valence-electron chi connectivity index (χ1n) is 7.03. The fourth-order valence-electron chi connectivity index (χ4n) is 2.41. The summed E-state index contributed by atoms with van der Waals surface area (Å²) in [6, 6.07) is 14.1. The molecule has 3 nitrogen and oxygen atoms in total. The van der Waals surface area contributed by atoms with E-state index in [9.17, 15) is 0 Å². The Morgan fingerprint density at radius 1 is 1.19 bits per heavy atom. The van der Waals surface area contributed by atoms with E-state index >= 15 is 0 Å². The van der Waals surface area contributed by atoms with Gasteiger partial charge in [0, 0.05) is 0 Å². The van der Waals surface area contributed by atoms with Crippen molar-refractivity contribution in [2.24, 2.45) is 0 Å². The smallest absolute Gasteiger partial charge is 0.146 e. The van der Waals surface area contributed by atoms with Gasteiger partial charge in [-0.1, -0.05) is 36.4 Å². The molecule has 0 fully saturated rings. The fourth-order valence-corrected chi connectivity index (χ4v) is 2.41. The van der Waals surface area contributed by atoms with Crippen molar-refractivity contribution in [3.8, 4) is 5.75 Å². The first-order valence-corrected chi connectivity index (χ1v) is 7.03. The molecule has 0 amide bonds. The normalized spacial score (nSPS) is 10.7. The van der Waals surface area contributed by atoms with E-state index in [2.05, 4.69) is 35.6 Å². The van der Waals surface area contributed by atoms with Crippen LogP contribution in [0, 0.1) is 6.92 Å². The number of hydrogen-bond donors (Lipinski definition) is 1. The van der Waals surface area contributed by atoms with Gasteiger partial charge in [0.2, 0.25) is 0 Å². The van der Waals surface area contributed by atoms with Crippen LogP contribution in [0.15, 0.2) is 55.1 Å². The zero-order chi connectivity index (χ0) is 14.7. The molecule has 0 aliphatic heterocycles. The minimum atomic E-state index is 0.433. The molecule has 2 aromatic carbocycles. The topological polar surface area (TPSA) is 37.9 Å². The van der Waals surface area contributed by atoms with Crippen LogP contribution in [-0.2, 0) is 13.0 Å². The molecule has 106 valence electrons. The molecule has 0 saturated carbocycles. The Balaban J connectivity index is 1.80. The molecule has 0 atom stereocenters. The standard InChI is InChI=1S/C18H18N2O/c1-3-7-14-9-4-5-11-16(14)21-12-17-19-15-10-6-8-13(2)18(15)20-17/h3-6,8-11H,1,7,12H2,2H3,(H,19,20). The third kappa shape index (κ3) is 2.82. The van der Waals surface area contributed by atoms with Crippen molar-refractivity contribution in [1.29, 1.82) is 0 Å². The largest absolute Gasteiger partial charge is 0.485 e. The Hall–Kier alpha value is -2.55. The van der Waals surface area contributed by atoms with Crippen molar-refractivity contribution < 1.29 is 4.74 Å². The van der Waals surface area contributed by atoms with Gasteiger partial charge in [-0.25, -0.2) is 4.98 Å². The van der Waals surface area contributed by atoms with Crippen molar-refractivity contribution >= 4 is 11.0 Å². The van der Waals surface area contributed by atoms with Crippen LogP contribution in [0.2, 0.25) is 0 Å². The average Bonchev–Trinajstić information content (AvgIpc) is 2.91. The van der Waals surface area contributed by atoms with Crippen LogP contribution in [0.5, 0.6) is 5.75 Å². The van der Waals surface area contributed by atoms with E-state index in [-0.39, 0.29) is 0 Å². The summed E-state index contributed by atoms with van der Waals surface area (Å²) in [5, 5.41) is 0. The molecule has 1 aromatic heterocycles. The summed E-state index contributed by atoms with van der Waals surface area (Å²) in [5.41, 5.74) is 4.37. The zero-order valence-corrected chi connectivity index (χ0v) is 12.1. The van der Waals surface area contributed by atoms with Crippen LogP contribution in [0.4, 0.5) is 0 Å². The lowest BCUT2D eigenvalue weighted by molar-refractivity contribution is 0.295. The van der Waals surface area contributed by atoms with E-state index in [1.165, 1.54) is 5.56 Å². The number of benzene rings is 2. The van der Waals surface area contributed by atoms with E-state index < -0.39 is 0 Å². The third-order valence-electron chi connectivity index (χ3n) is 3.46. The molecule has 3 aromatic rings. The monoisotopic (exact) mass is 278 g/mol. The van der Waals surface area contributed by atoms with Crippen molar-refractivity contribution in [3.63, 3.8) is 0 Å². The minimum absolute atomic E-state index is 0.433. The molecule has 0 saturated heterocycles. The molecule has 21 heavy (non-hydrogen) atoms. The first kappa shape index (κ1) is 13.4. The van der Waals surface area contributed by atoms with Crippen molar-refractivity contribution in [2.75, 3.05) is 0 Å². The Bertz CT molecular complexity index is 774. The predicted octanol–water partition coefficient (Wildman–Crippen LogP) is 4.18. The Labute approximate surface area is 124 Å². The second kappa shape index (κ2) is 5.83. The Morgan fingerprint density at radius 2 is 2.05 bits per heavy atom. The highest BCUT2D eigenvalue weighted by Crippen LogP contribution is 2.21. The summed E-state index contributed by atoms with van der Waals surface area (Å²) in [7, 11) is 0. The molecule has 0 unspecified atom stereocenters. The van der Waals surface area contributed by atoms with Crippen LogP contribution < -0.4 is 4.74 Å². The van der Waals surface area contributed by atoms with Gasteiger partial charge in [-0.05, 0) is 36.6 Å². The van der Waals surface area contributed by atoms with Gasteiger partial charge in [0.1, 0.15) is 18.2 Å². The number of para-hydroxylation sites is 2. The summed E-state index contributed by atoms with van der Waals surface area (Å²) in [4.78, 5) is 7.90. The van der Waals surface area contributed by atoms with Gasteiger partial charge in [0.15, 0.2) is 0 Å². The second-order valence-electron chi connectivity index (χ2n) is 5.04. The summed E-state index contributed by atoms with van der Waals surface area (Å²) < 4.78 is 5.90. The van der Waals surface area contributed by atoms with Gasteiger partial charge < -0.3 is 9.72 Å². The molecule has 0 spiro atoms. The number of fused-ring (bicyclic) bond motifs is 1. The Morgan fingerprint density at radius 3 is 2.86 bits per heavy atom. The maximum Gasteiger partial charge on any atom is 0.146 e. The maximum atomic E-state index is 5.90. The molecule has 0 bridgehead atoms.